The molecule has 0 aliphatic heterocycles. The molecule has 0 aromatic carbocycles. The smallest absolute Gasteiger partial charge is 0.292 e. The Labute approximate surface area is 90.1 Å². The number of halogens is 2. The Hall–Kier alpha value is -1.31. The molecule has 0 N–H and O–H groups in total. The van der Waals surface area contributed by atoms with E-state index in [-0.39, 0.29) is 22.4 Å². The summed E-state index contributed by atoms with van der Waals surface area (Å²) >= 11 is 0. The summed E-state index contributed by atoms with van der Waals surface area (Å²) in [6.45, 7) is -3.91. The molecule has 0 saturated carbocycles. The van der Waals surface area contributed by atoms with Crippen LogP contribution in [0.3, 0.4) is 0 Å². The molecule has 0 fully saturated rings. The molecule has 13 heavy (non-hydrogen) atoms. The van der Waals surface area contributed by atoms with Gasteiger partial charge in [-0.2, -0.15) is 0 Å². The van der Waals surface area contributed by atoms with Crippen molar-refractivity contribution in [1.82, 2.24) is 0 Å². The molecule has 0 aromatic heterocycles. The first-order chi connectivity index (χ1) is 5.62. The molecule has 9 heteroatoms. The zero-order chi connectivity index (χ0) is 9.98. The zero-order valence-corrected chi connectivity index (χ0v) is 7.48. The fourth-order valence-electron chi connectivity index (χ4n) is 0.0577. The average Bonchev–Trinajstić information content (AvgIpc) is 2.16. The predicted molar refractivity (Wildman–Crippen MR) is 36.2 cm³/mol. The molecule has 0 saturated heterocycles. The maximum atomic E-state index is 11.1. The Kier molecular flexibility index (Phi) is 18.1. The van der Waals surface area contributed by atoms with Crippen molar-refractivity contribution in [3.8, 4) is 23.9 Å². The van der Waals surface area contributed by atoms with Crippen molar-refractivity contribution in [2.75, 3.05) is 0 Å². The van der Waals surface area contributed by atoms with Crippen LogP contribution in [-0.2, 0) is 22.4 Å². The number of hydrogen-bond acceptors (Lipinski definition) is 4. The van der Waals surface area contributed by atoms with Crippen molar-refractivity contribution in [2.24, 2.45) is 0 Å². The minimum absolute atomic E-state index is 0. The minimum Gasteiger partial charge on any atom is -0.292 e. The number of nitrogens with zero attached hydrogens (tertiary/aromatic N) is 4. The molecule has 67 valence electrons. The van der Waals surface area contributed by atoms with Crippen LogP contribution in [0, 0.1) is 44.9 Å². The van der Waals surface area contributed by atoms with E-state index in [0.29, 0.717) is 0 Å². The van der Waals surface area contributed by atoms with Crippen LogP contribution in [0.25, 0.3) is 0 Å². The van der Waals surface area contributed by atoms with E-state index in [9.17, 15) is 8.63 Å². The van der Waals surface area contributed by atoms with Gasteiger partial charge in [0.1, 0.15) is 0 Å². The SMILES string of the molecule is N#CB(F)C#N.N#CB(F)C#N.[Ag]. The van der Waals surface area contributed by atoms with Crippen LogP contribution in [0.2, 0.25) is 0 Å². The summed E-state index contributed by atoms with van der Waals surface area (Å²) in [6.07, 6.45) is 0. The van der Waals surface area contributed by atoms with E-state index in [0.717, 1.165) is 23.9 Å². The normalized spacial score (nSPS) is 4.77. The molecule has 0 aliphatic carbocycles. The van der Waals surface area contributed by atoms with E-state index < -0.39 is 14.0 Å². The second kappa shape index (κ2) is 13.3. The molecular weight excluding hydrogens is 272 g/mol. The molecular formula is C4AgB2F2N4. The Morgan fingerprint density at radius 3 is 0.846 bits per heavy atom. The van der Waals surface area contributed by atoms with Crippen molar-refractivity contribution in [1.29, 1.82) is 21.0 Å². The summed E-state index contributed by atoms with van der Waals surface area (Å²) < 4.78 is 22.3. The second-order valence-corrected chi connectivity index (χ2v) is 1.24. The van der Waals surface area contributed by atoms with Crippen LogP contribution in [0.5, 0.6) is 0 Å². The fourth-order valence-corrected chi connectivity index (χ4v) is 0.0577. The second-order valence-electron chi connectivity index (χ2n) is 1.24. The van der Waals surface area contributed by atoms with Gasteiger partial charge in [-0.3, -0.25) is 8.63 Å². The molecule has 0 unspecified atom stereocenters. The Morgan fingerprint density at radius 2 is 0.846 bits per heavy atom. The average molecular weight is 272 g/mol. The molecule has 0 atom stereocenters. The first-order valence-corrected chi connectivity index (χ1v) is 2.49. The number of hydrogen-bond donors (Lipinski definition) is 0. The zero-order valence-electron chi connectivity index (χ0n) is 6.00. The van der Waals surface area contributed by atoms with Gasteiger partial charge in [0.25, 0.3) is 0 Å². The molecule has 0 rings (SSSR count). The summed E-state index contributed by atoms with van der Waals surface area (Å²) in [5, 5.41) is 29.9. The summed E-state index contributed by atoms with van der Waals surface area (Å²) in [7, 11) is 0. The summed E-state index contributed by atoms with van der Waals surface area (Å²) in [4.78, 5) is 0. The first kappa shape index (κ1) is 17.7. The van der Waals surface area contributed by atoms with Gasteiger partial charge in [0.2, 0.25) is 0 Å². The predicted octanol–water partition coefficient (Wildman–Crippen LogP) is 0.143. The van der Waals surface area contributed by atoms with Crippen LogP contribution in [-0.4, -0.2) is 14.0 Å². The van der Waals surface area contributed by atoms with Gasteiger partial charge in [-0.25, -0.2) is 21.0 Å². The van der Waals surface area contributed by atoms with E-state index in [2.05, 4.69) is 0 Å². The van der Waals surface area contributed by atoms with Crippen LogP contribution in [0.1, 0.15) is 0 Å². The standard InChI is InChI=1S/2C2BFN2.Ag/c2*4-3(1-5)2-6;. The van der Waals surface area contributed by atoms with E-state index in [1.807, 2.05) is 0 Å². The van der Waals surface area contributed by atoms with E-state index in [1.54, 1.807) is 0 Å². The topological polar surface area (TPSA) is 95.2 Å². The van der Waals surface area contributed by atoms with Gasteiger partial charge >= 0.3 is 14.0 Å². The minimum atomic E-state index is -1.95. The number of nitriles is 4. The van der Waals surface area contributed by atoms with Gasteiger partial charge in [-0.15, -0.1) is 0 Å². The fraction of sp³-hybridized carbons (Fsp3) is 0. The van der Waals surface area contributed by atoms with E-state index in [1.165, 1.54) is 0 Å². The van der Waals surface area contributed by atoms with Gasteiger partial charge in [-0.1, -0.05) is 0 Å². The molecule has 0 aliphatic rings. The number of rotatable bonds is 0. The van der Waals surface area contributed by atoms with E-state index >= 15 is 0 Å². The van der Waals surface area contributed by atoms with Gasteiger partial charge in [0.05, 0.1) is 23.9 Å². The monoisotopic (exact) mass is 271 g/mol. The molecule has 0 aromatic rings. The van der Waals surface area contributed by atoms with Crippen molar-refractivity contribution >= 4 is 14.0 Å². The third-order valence-electron chi connectivity index (χ3n) is 0.453. The summed E-state index contributed by atoms with van der Waals surface area (Å²) in [5.74, 6) is 4.35. The Bertz CT molecular complexity index is 226. The maximum Gasteiger partial charge on any atom is 0.567 e. The largest absolute Gasteiger partial charge is 0.567 e. The van der Waals surface area contributed by atoms with Crippen LogP contribution >= 0.6 is 0 Å². The van der Waals surface area contributed by atoms with Crippen LogP contribution in [0.4, 0.5) is 8.63 Å². The van der Waals surface area contributed by atoms with Crippen molar-refractivity contribution < 1.29 is 31.0 Å². The van der Waals surface area contributed by atoms with Crippen molar-refractivity contribution in [3.05, 3.63) is 0 Å². The third-order valence-corrected chi connectivity index (χ3v) is 0.453. The van der Waals surface area contributed by atoms with Crippen LogP contribution in [0.15, 0.2) is 0 Å². The van der Waals surface area contributed by atoms with E-state index in [4.69, 9.17) is 21.0 Å². The first-order valence-electron chi connectivity index (χ1n) is 2.49. The maximum absolute atomic E-state index is 11.1. The molecule has 0 bridgehead atoms. The Balaban J connectivity index is -0.000000143. The van der Waals surface area contributed by atoms with Gasteiger partial charge < -0.3 is 0 Å². The molecule has 0 spiro atoms. The quantitative estimate of drug-likeness (QED) is 0.586. The van der Waals surface area contributed by atoms with Gasteiger partial charge in [0.15, 0.2) is 0 Å². The van der Waals surface area contributed by atoms with Gasteiger partial charge in [-0.05, 0) is 0 Å². The van der Waals surface area contributed by atoms with Crippen LogP contribution < -0.4 is 0 Å². The summed E-state index contributed by atoms with van der Waals surface area (Å²) in [5.41, 5.74) is 0. The molecule has 4 nitrogen and oxygen atoms in total. The Morgan fingerprint density at radius 1 is 0.692 bits per heavy atom. The van der Waals surface area contributed by atoms with Gasteiger partial charge in [0, 0.05) is 22.4 Å². The molecule has 1 radical (unpaired) electrons. The van der Waals surface area contributed by atoms with Crippen molar-refractivity contribution in [3.63, 3.8) is 0 Å². The van der Waals surface area contributed by atoms with Crippen molar-refractivity contribution in [2.45, 2.75) is 0 Å². The molecule has 0 amide bonds. The summed E-state index contributed by atoms with van der Waals surface area (Å²) in [6, 6.07) is 0. The molecule has 0 heterocycles. The third kappa shape index (κ3) is 18.0.